The number of ether oxygens (including phenoxy) is 6. The third-order valence-electron chi connectivity index (χ3n) is 6.61. The van der Waals surface area contributed by atoms with Crippen molar-refractivity contribution in [2.24, 2.45) is 5.10 Å². The van der Waals surface area contributed by atoms with Crippen molar-refractivity contribution in [3.05, 3.63) is 113 Å². The van der Waals surface area contributed by atoms with Gasteiger partial charge in [-0.2, -0.15) is 5.10 Å². The van der Waals surface area contributed by atoms with Gasteiger partial charge in [-0.3, -0.25) is 9.59 Å². The fourth-order valence-electron chi connectivity index (χ4n) is 4.32. The highest BCUT2D eigenvalue weighted by molar-refractivity contribution is 6.05. The van der Waals surface area contributed by atoms with Crippen molar-refractivity contribution < 1.29 is 42.8 Å². The Morgan fingerprint density at radius 3 is 2.11 bits per heavy atom. The van der Waals surface area contributed by atoms with Crippen LogP contribution < -0.4 is 39.2 Å². The Hall–Kier alpha value is -6.30. The molecule has 0 atom stereocenters. The van der Waals surface area contributed by atoms with Gasteiger partial charge >= 0.3 is 5.97 Å². The number of carbonyl (C=O) groups excluding carboxylic acids is 3. The molecule has 46 heavy (non-hydrogen) atoms. The van der Waals surface area contributed by atoms with Crippen molar-refractivity contribution in [3.63, 3.8) is 0 Å². The molecule has 4 aromatic rings. The van der Waals surface area contributed by atoms with E-state index in [4.69, 9.17) is 28.4 Å². The molecule has 5 rings (SSSR count). The van der Waals surface area contributed by atoms with Gasteiger partial charge in [0.25, 0.3) is 11.8 Å². The van der Waals surface area contributed by atoms with Gasteiger partial charge < -0.3 is 33.7 Å². The monoisotopic (exact) mass is 623 g/mol. The number of amides is 2. The standard InChI is InChI=1S/C34H29N3O9/c1-41-29-17-24(18-30(42-2)31(29)43-3)34(40)46-25-12-9-21(10-13-25)19-35-37-33(39)26(36-32(38)23-7-5-4-6-8-23)15-22-11-14-27-28(16-22)45-20-44-27/h4-19H,20H2,1-3H3,(H,36,38)(H,37,39)/b26-15+,35-19+. The molecule has 2 amide bonds. The lowest BCUT2D eigenvalue weighted by Crippen LogP contribution is -2.32. The second kappa shape index (κ2) is 14.4. The Bertz CT molecular complexity index is 1780. The summed E-state index contributed by atoms with van der Waals surface area (Å²) in [6, 6.07) is 23.1. The summed E-state index contributed by atoms with van der Waals surface area (Å²) in [6.07, 6.45) is 2.91. The minimum atomic E-state index is -0.658. The van der Waals surface area contributed by atoms with Gasteiger partial charge in [-0.25, -0.2) is 10.2 Å². The molecule has 0 aliphatic carbocycles. The van der Waals surface area contributed by atoms with Crippen molar-refractivity contribution in [2.75, 3.05) is 28.1 Å². The molecule has 0 aromatic heterocycles. The number of hydrogen-bond donors (Lipinski definition) is 2. The molecule has 0 bridgehead atoms. The number of nitrogens with one attached hydrogen (secondary N) is 2. The van der Waals surface area contributed by atoms with E-state index in [2.05, 4.69) is 15.8 Å². The summed E-state index contributed by atoms with van der Waals surface area (Å²) in [4.78, 5) is 38.8. The largest absolute Gasteiger partial charge is 0.493 e. The normalized spacial score (nSPS) is 11.9. The second-order valence-electron chi connectivity index (χ2n) is 9.56. The lowest BCUT2D eigenvalue weighted by Gasteiger charge is -2.13. The number of hydrogen-bond acceptors (Lipinski definition) is 10. The molecule has 234 valence electrons. The van der Waals surface area contributed by atoms with Gasteiger partial charge in [-0.1, -0.05) is 24.3 Å². The number of rotatable bonds is 11. The Labute approximate surface area is 264 Å². The molecule has 1 aliphatic heterocycles. The minimum Gasteiger partial charge on any atom is -0.493 e. The zero-order chi connectivity index (χ0) is 32.5. The summed E-state index contributed by atoms with van der Waals surface area (Å²) < 4.78 is 32.1. The van der Waals surface area contributed by atoms with E-state index in [9.17, 15) is 14.4 Å². The summed E-state index contributed by atoms with van der Waals surface area (Å²) in [7, 11) is 4.37. The molecule has 0 saturated heterocycles. The summed E-state index contributed by atoms with van der Waals surface area (Å²) in [5.74, 6) is 0.613. The maximum atomic E-state index is 13.1. The average molecular weight is 624 g/mol. The molecule has 0 spiro atoms. The molecule has 1 heterocycles. The van der Waals surface area contributed by atoms with Crippen LogP contribution in [0.25, 0.3) is 6.08 Å². The van der Waals surface area contributed by atoms with E-state index in [0.717, 1.165) is 0 Å². The van der Waals surface area contributed by atoms with Crippen molar-refractivity contribution >= 4 is 30.1 Å². The van der Waals surface area contributed by atoms with Crippen LogP contribution in [0.15, 0.2) is 95.7 Å². The van der Waals surface area contributed by atoms with Gasteiger partial charge in [0.1, 0.15) is 11.4 Å². The van der Waals surface area contributed by atoms with E-state index in [1.54, 1.807) is 72.8 Å². The van der Waals surface area contributed by atoms with Gasteiger partial charge in [0.2, 0.25) is 12.5 Å². The smallest absolute Gasteiger partial charge is 0.343 e. The molecule has 0 saturated carbocycles. The lowest BCUT2D eigenvalue weighted by atomic mass is 10.1. The summed E-state index contributed by atoms with van der Waals surface area (Å²) in [5, 5.41) is 6.68. The fraction of sp³-hybridized carbons (Fsp3) is 0.118. The van der Waals surface area contributed by atoms with E-state index in [-0.39, 0.29) is 23.8 Å². The SMILES string of the molecule is COc1cc(C(=O)Oc2ccc(/C=N/NC(=O)/C(=C\c3ccc4c(c3)OCO4)NC(=O)c3ccccc3)cc2)cc(OC)c1OC. The summed E-state index contributed by atoms with van der Waals surface area (Å²) in [5.41, 5.74) is 4.17. The topological polar surface area (TPSA) is 143 Å². The van der Waals surface area contributed by atoms with E-state index < -0.39 is 17.8 Å². The Morgan fingerprint density at radius 2 is 1.43 bits per heavy atom. The predicted molar refractivity (Wildman–Crippen MR) is 168 cm³/mol. The lowest BCUT2D eigenvalue weighted by molar-refractivity contribution is -0.117. The van der Waals surface area contributed by atoms with Gasteiger partial charge in [0, 0.05) is 5.56 Å². The highest BCUT2D eigenvalue weighted by Gasteiger charge is 2.19. The van der Waals surface area contributed by atoms with Crippen molar-refractivity contribution in [2.45, 2.75) is 0 Å². The second-order valence-corrected chi connectivity index (χ2v) is 9.56. The summed E-state index contributed by atoms with van der Waals surface area (Å²) in [6.45, 7) is 0.103. The first-order valence-corrected chi connectivity index (χ1v) is 13.8. The molecule has 12 nitrogen and oxygen atoms in total. The minimum absolute atomic E-state index is 0.0427. The van der Waals surface area contributed by atoms with Crippen molar-refractivity contribution in [1.29, 1.82) is 0 Å². The van der Waals surface area contributed by atoms with Crippen LogP contribution in [0.4, 0.5) is 0 Å². The van der Waals surface area contributed by atoms with Crippen LogP contribution in [0, 0.1) is 0 Å². The maximum absolute atomic E-state index is 13.1. The number of methoxy groups -OCH3 is 3. The highest BCUT2D eigenvalue weighted by Crippen LogP contribution is 2.38. The van der Waals surface area contributed by atoms with E-state index >= 15 is 0 Å². The van der Waals surface area contributed by atoms with Crippen LogP contribution in [0.3, 0.4) is 0 Å². The predicted octanol–water partition coefficient (Wildman–Crippen LogP) is 4.58. The number of esters is 1. The molecule has 4 aromatic carbocycles. The average Bonchev–Trinajstić information content (AvgIpc) is 3.56. The highest BCUT2D eigenvalue weighted by atomic mass is 16.7. The van der Waals surface area contributed by atoms with Crippen molar-refractivity contribution in [3.8, 4) is 34.5 Å². The van der Waals surface area contributed by atoms with Crippen LogP contribution in [-0.2, 0) is 4.79 Å². The van der Waals surface area contributed by atoms with Gasteiger partial charge in [-0.05, 0) is 77.9 Å². The van der Waals surface area contributed by atoms with Crippen LogP contribution in [0.2, 0.25) is 0 Å². The third kappa shape index (κ3) is 7.42. The number of carbonyl (C=O) groups is 3. The van der Waals surface area contributed by atoms with Crippen LogP contribution in [0.1, 0.15) is 31.8 Å². The number of benzene rings is 4. The zero-order valence-electron chi connectivity index (χ0n) is 25.1. The first kappa shape index (κ1) is 31.1. The first-order valence-electron chi connectivity index (χ1n) is 13.8. The van der Waals surface area contributed by atoms with Crippen LogP contribution in [-0.4, -0.2) is 52.1 Å². The molecular formula is C34H29N3O9. The number of hydrazone groups is 1. The third-order valence-corrected chi connectivity index (χ3v) is 6.61. The summed E-state index contributed by atoms with van der Waals surface area (Å²) >= 11 is 0. The van der Waals surface area contributed by atoms with E-state index in [0.29, 0.717) is 45.4 Å². The molecule has 12 heteroatoms. The van der Waals surface area contributed by atoms with Gasteiger partial charge in [0.05, 0.1) is 33.1 Å². The van der Waals surface area contributed by atoms with Crippen molar-refractivity contribution in [1.82, 2.24) is 10.7 Å². The molecule has 0 fully saturated rings. The van der Waals surface area contributed by atoms with E-state index in [1.165, 1.54) is 45.8 Å². The number of nitrogens with zero attached hydrogens (tertiary/aromatic N) is 1. The van der Waals surface area contributed by atoms with Crippen LogP contribution in [0.5, 0.6) is 34.5 Å². The van der Waals surface area contributed by atoms with Gasteiger partial charge in [0.15, 0.2) is 23.0 Å². The molecule has 2 N–H and O–H groups in total. The van der Waals surface area contributed by atoms with Crippen LogP contribution >= 0.6 is 0 Å². The fourth-order valence-corrected chi connectivity index (χ4v) is 4.32. The molecule has 0 radical (unpaired) electrons. The van der Waals surface area contributed by atoms with Gasteiger partial charge in [-0.15, -0.1) is 0 Å². The number of fused-ring (bicyclic) bond motifs is 1. The molecule has 0 unspecified atom stereocenters. The first-order chi connectivity index (χ1) is 22.4. The van der Waals surface area contributed by atoms with E-state index in [1.807, 2.05) is 0 Å². The molecule has 1 aliphatic rings. The maximum Gasteiger partial charge on any atom is 0.343 e. The Morgan fingerprint density at radius 1 is 0.761 bits per heavy atom. The molecular weight excluding hydrogens is 594 g/mol. The Balaban J connectivity index is 1.26. The zero-order valence-corrected chi connectivity index (χ0v) is 25.1. The Kier molecular flexibility index (Phi) is 9.78. The quantitative estimate of drug-likeness (QED) is 0.0807.